The maximum atomic E-state index is 12.1. The van der Waals surface area contributed by atoms with Crippen molar-refractivity contribution in [1.29, 1.82) is 0 Å². The summed E-state index contributed by atoms with van der Waals surface area (Å²) in [4.78, 5) is 24.3. The molecule has 2 N–H and O–H groups in total. The fraction of sp³-hybridized carbons (Fsp3) is 0.222. The molecule has 5 nitrogen and oxygen atoms in total. The van der Waals surface area contributed by atoms with E-state index in [0.717, 1.165) is 11.3 Å². The van der Waals surface area contributed by atoms with Gasteiger partial charge in [0.1, 0.15) is 11.8 Å². The molecule has 2 amide bonds. The first-order chi connectivity index (χ1) is 11.5. The molecule has 0 fully saturated rings. The van der Waals surface area contributed by atoms with E-state index in [1.54, 1.807) is 38.3 Å². The van der Waals surface area contributed by atoms with E-state index in [1.165, 1.54) is 0 Å². The van der Waals surface area contributed by atoms with E-state index in [1.807, 2.05) is 24.3 Å². The number of benzene rings is 2. The zero-order valence-electron chi connectivity index (χ0n) is 13.5. The van der Waals surface area contributed by atoms with E-state index >= 15 is 0 Å². The molecule has 0 unspecified atom stereocenters. The predicted molar refractivity (Wildman–Crippen MR) is 93.2 cm³/mol. The monoisotopic (exact) mass is 346 g/mol. The van der Waals surface area contributed by atoms with Crippen LogP contribution in [0.4, 0.5) is 0 Å². The maximum Gasteiger partial charge on any atom is 0.253 e. The van der Waals surface area contributed by atoms with Gasteiger partial charge in [-0.2, -0.15) is 0 Å². The molecular weight excluding hydrogens is 328 g/mol. The Hall–Kier alpha value is -2.53. The summed E-state index contributed by atoms with van der Waals surface area (Å²) in [5.74, 6) is 0.0599. The molecule has 0 aliphatic heterocycles. The largest absolute Gasteiger partial charge is 0.497 e. The van der Waals surface area contributed by atoms with Crippen molar-refractivity contribution >= 4 is 23.4 Å². The zero-order chi connectivity index (χ0) is 17.5. The van der Waals surface area contributed by atoms with Crippen molar-refractivity contribution in [3.63, 3.8) is 0 Å². The third-order valence-electron chi connectivity index (χ3n) is 3.46. The quantitative estimate of drug-likeness (QED) is 0.845. The summed E-state index contributed by atoms with van der Waals surface area (Å²) in [6, 6.07) is 13.4. The van der Waals surface area contributed by atoms with E-state index < -0.39 is 6.04 Å². The minimum absolute atomic E-state index is 0.279. The second-order valence-electron chi connectivity index (χ2n) is 5.24. The zero-order valence-corrected chi connectivity index (χ0v) is 14.3. The summed E-state index contributed by atoms with van der Waals surface area (Å²) in [5, 5.41) is 5.76. The van der Waals surface area contributed by atoms with Gasteiger partial charge < -0.3 is 15.4 Å². The van der Waals surface area contributed by atoms with Crippen LogP contribution in [-0.4, -0.2) is 25.0 Å². The van der Waals surface area contributed by atoms with E-state index in [9.17, 15) is 9.59 Å². The van der Waals surface area contributed by atoms with Crippen LogP contribution in [0.25, 0.3) is 0 Å². The Kier molecular flexibility index (Phi) is 6.21. The molecule has 0 radical (unpaired) electrons. The summed E-state index contributed by atoms with van der Waals surface area (Å²) >= 11 is 5.98. The van der Waals surface area contributed by atoms with E-state index in [2.05, 4.69) is 10.6 Å². The fourth-order valence-corrected chi connectivity index (χ4v) is 2.33. The number of carbonyl (C=O) groups excluding carboxylic acids is 2. The van der Waals surface area contributed by atoms with Gasteiger partial charge in [-0.1, -0.05) is 35.9 Å². The first kappa shape index (κ1) is 17.8. The Labute approximate surface area is 146 Å². The Balaban J connectivity index is 1.90. The Bertz CT molecular complexity index is 734. The highest BCUT2D eigenvalue weighted by Gasteiger charge is 2.17. The molecule has 2 aromatic carbocycles. The van der Waals surface area contributed by atoms with Crippen molar-refractivity contribution in [1.82, 2.24) is 10.6 Å². The lowest BCUT2D eigenvalue weighted by atomic mass is 10.2. The van der Waals surface area contributed by atoms with Gasteiger partial charge in [0.15, 0.2) is 0 Å². The molecule has 126 valence electrons. The first-order valence-electron chi connectivity index (χ1n) is 7.47. The summed E-state index contributed by atoms with van der Waals surface area (Å²) < 4.78 is 5.14. The molecule has 0 heterocycles. The number of rotatable bonds is 6. The minimum atomic E-state index is -0.681. The maximum absolute atomic E-state index is 12.1. The highest BCUT2D eigenvalue weighted by molar-refractivity contribution is 6.33. The van der Waals surface area contributed by atoms with Crippen molar-refractivity contribution in [2.45, 2.75) is 19.5 Å². The number of nitrogens with one attached hydrogen (secondary N) is 2. The van der Waals surface area contributed by atoms with Gasteiger partial charge in [-0.3, -0.25) is 9.59 Å². The van der Waals surface area contributed by atoms with E-state index in [0.29, 0.717) is 17.1 Å². The number of amides is 2. The SMILES string of the molecule is COc1cccc(CNC(=O)[C@H](C)NC(=O)c2ccccc2Cl)c1. The standard InChI is InChI=1S/C18H19ClN2O3/c1-12(21-18(23)15-8-3-4-9-16(15)19)17(22)20-11-13-6-5-7-14(10-13)24-2/h3-10,12H,11H2,1-2H3,(H,20,22)(H,21,23)/t12-/m0/s1. The predicted octanol–water partition coefficient (Wildman–Crippen LogP) is 2.78. The fourth-order valence-electron chi connectivity index (χ4n) is 2.11. The molecule has 0 aromatic heterocycles. The van der Waals surface area contributed by atoms with Crippen LogP contribution >= 0.6 is 11.6 Å². The number of hydrogen-bond acceptors (Lipinski definition) is 3. The van der Waals surface area contributed by atoms with Crippen LogP contribution in [0.1, 0.15) is 22.8 Å². The Morgan fingerprint density at radius 3 is 2.62 bits per heavy atom. The van der Waals surface area contributed by atoms with E-state index in [-0.39, 0.29) is 11.8 Å². The van der Waals surface area contributed by atoms with Crippen molar-refractivity contribution in [3.8, 4) is 5.75 Å². The van der Waals surface area contributed by atoms with Crippen LogP contribution in [0, 0.1) is 0 Å². The van der Waals surface area contributed by atoms with Gasteiger partial charge >= 0.3 is 0 Å². The molecule has 0 saturated carbocycles. The van der Waals surface area contributed by atoms with Gasteiger partial charge in [0, 0.05) is 6.54 Å². The smallest absolute Gasteiger partial charge is 0.253 e. The highest BCUT2D eigenvalue weighted by atomic mass is 35.5. The van der Waals surface area contributed by atoms with Crippen LogP contribution in [0.15, 0.2) is 48.5 Å². The molecule has 2 rings (SSSR count). The van der Waals surface area contributed by atoms with Gasteiger partial charge in [-0.15, -0.1) is 0 Å². The van der Waals surface area contributed by atoms with Crippen molar-refractivity contribution in [3.05, 3.63) is 64.7 Å². The molecular formula is C18H19ClN2O3. The number of ether oxygens (including phenoxy) is 1. The molecule has 0 aliphatic rings. The van der Waals surface area contributed by atoms with Crippen molar-refractivity contribution in [2.75, 3.05) is 7.11 Å². The number of methoxy groups -OCH3 is 1. The minimum Gasteiger partial charge on any atom is -0.497 e. The highest BCUT2D eigenvalue weighted by Crippen LogP contribution is 2.15. The van der Waals surface area contributed by atoms with Gasteiger partial charge in [0.05, 0.1) is 17.7 Å². The summed E-state index contributed by atoms with van der Waals surface area (Å²) in [7, 11) is 1.59. The molecule has 6 heteroatoms. The van der Waals surface area contributed by atoms with Gasteiger partial charge in [-0.05, 0) is 36.8 Å². The third-order valence-corrected chi connectivity index (χ3v) is 3.79. The van der Waals surface area contributed by atoms with E-state index in [4.69, 9.17) is 16.3 Å². The van der Waals surface area contributed by atoms with Crippen molar-refractivity contribution in [2.24, 2.45) is 0 Å². The van der Waals surface area contributed by atoms with Gasteiger partial charge in [-0.25, -0.2) is 0 Å². The third kappa shape index (κ3) is 4.73. The second kappa shape index (κ2) is 8.36. The summed E-state index contributed by atoms with van der Waals surface area (Å²) in [5.41, 5.74) is 1.25. The van der Waals surface area contributed by atoms with Crippen LogP contribution in [-0.2, 0) is 11.3 Å². The molecule has 0 aliphatic carbocycles. The molecule has 0 spiro atoms. The topological polar surface area (TPSA) is 67.4 Å². The normalized spacial score (nSPS) is 11.5. The number of hydrogen-bond donors (Lipinski definition) is 2. The Morgan fingerprint density at radius 1 is 1.17 bits per heavy atom. The molecule has 1 atom stereocenters. The lowest BCUT2D eigenvalue weighted by Gasteiger charge is -2.15. The molecule has 0 bridgehead atoms. The van der Waals surface area contributed by atoms with Crippen LogP contribution in [0.3, 0.4) is 0 Å². The van der Waals surface area contributed by atoms with Gasteiger partial charge in [0.2, 0.25) is 5.91 Å². The summed E-state index contributed by atoms with van der Waals surface area (Å²) in [6.45, 7) is 1.97. The lowest BCUT2D eigenvalue weighted by Crippen LogP contribution is -2.44. The number of halogens is 1. The molecule has 2 aromatic rings. The average Bonchev–Trinajstić information content (AvgIpc) is 2.60. The van der Waals surface area contributed by atoms with Crippen molar-refractivity contribution < 1.29 is 14.3 Å². The lowest BCUT2D eigenvalue weighted by molar-refractivity contribution is -0.122. The average molecular weight is 347 g/mol. The van der Waals surface area contributed by atoms with Gasteiger partial charge in [0.25, 0.3) is 5.91 Å². The molecule has 24 heavy (non-hydrogen) atoms. The first-order valence-corrected chi connectivity index (χ1v) is 7.85. The molecule has 0 saturated heterocycles. The van der Waals surface area contributed by atoms with Crippen LogP contribution < -0.4 is 15.4 Å². The number of carbonyl (C=O) groups is 2. The Morgan fingerprint density at radius 2 is 1.92 bits per heavy atom. The second-order valence-corrected chi connectivity index (χ2v) is 5.65. The van der Waals surface area contributed by atoms with Crippen LogP contribution in [0.5, 0.6) is 5.75 Å². The summed E-state index contributed by atoms with van der Waals surface area (Å²) in [6.07, 6.45) is 0. The van der Waals surface area contributed by atoms with Crippen LogP contribution in [0.2, 0.25) is 5.02 Å².